The molecule has 1 aromatic carbocycles. The highest BCUT2D eigenvalue weighted by Crippen LogP contribution is 2.20. The maximum Gasteiger partial charge on any atom is 0.233 e. The van der Waals surface area contributed by atoms with Gasteiger partial charge in [0.05, 0.1) is 5.25 Å². The summed E-state index contributed by atoms with van der Waals surface area (Å²) in [6.07, 6.45) is 0. The molecule has 0 aromatic heterocycles. The number of hydrogen-bond acceptors (Lipinski definition) is 3. The molecule has 0 spiro atoms. The van der Waals surface area contributed by atoms with Gasteiger partial charge in [0.1, 0.15) is 0 Å². The van der Waals surface area contributed by atoms with Crippen LogP contribution in [0.5, 0.6) is 0 Å². The smallest absolute Gasteiger partial charge is 0.233 e. The third kappa shape index (κ3) is 4.90. The van der Waals surface area contributed by atoms with Gasteiger partial charge < -0.3 is 10.6 Å². The quantitative estimate of drug-likeness (QED) is 0.843. The van der Waals surface area contributed by atoms with E-state index < -0.39 is 0 Å². The molecule has 0 radical (unpaired) electrons. The highest BCUT2D eigenvalue weighted by molar-refractivity contribution is 8.00. The molecule has 2 N–H and O–H groups in total. The lowest BCUT2D eigenvalue weighted by atomic mass is 10.1. The van der Waals surface area contributed by atoms with E-state index in [0.717, 1.165) is 18.8 Å². The summed E-state index contributed by atoms with van der Waals surface area (Å²) in [7, 11) is 0. The second kappa shape index (κ2) is 8.66. The van der Waals surface area contributed by atoms with Gasteiger partial charge in [-0.05, 0) is 28.4 Å². The molecule has 1 aliphatic rings. The highest BCUT2D eigenvalue weighted by Gasteiger charge is 2.21. The molecule has 5 heteroatoms. The third-order valence-corrected chi connectivity index (χ3v) is 5.03. The van der Waals surface area contributed by atoms with Crippen LogP contribution in [0.25, 0.3) is 0 Å². The lowest BCUT2D eigenvalue weighted by Crippen LogP contribution is -2.35. The molecule has 118 valence electrons. The number of carbonyl (C=O) groups is 1. The number of amides is 1. The summed E-state index contributed by atoms with van der Waals surface area (Å²) >= 11 is 1.73. The van der Waals surface area contributed by atoms with Crippen LogP contribution in [-0.4, -0.2) is 16.9 Å². The Bertz CT molecular complexity index is 479. The molecule has 2 rings (SSSR count). The van der Waals surface area contributed by atoms with Crippen molar-refractivity contribution in [3.63, 3.8) is 0 Å². The van der Waals surface area contributed by atoms with E-state index >= 15 is 0 Å². The Morgan fingerprint density at radius 1 is 1.33 bits per heavy atom. The lowest BCUT2D eigenvalue weighted by molar-refractivity contribution is -0.121. The fourth-order valence-corrected chi connectivity index (χ4v) is 3.48. The molecule has 1 amide bonds. The maximum absolute atomic E-state index is 12.2. The first-order chi connectivity index (χ1) is 9.61. The molecule has 1 heterocycles. The van der Waals surface area contributed by atoms with Crippen LogP contribution < -0.4 is 10.6 Å². The van der Waals surface area contributed by atoms with Crippen LogP contribution in [0.3, 0.4) is 0 Å². The minimum atomic E-state index is 0. The van der Waals surface area contributed by atoms with Crippen LogP contribution in [0.2, 0.25) is 0 Å². The number of nitrogens with one attached hydrogen (secondary N) is 2. The van der Waals surface area contributed by atoms with Gasteiger partial charge in [-0.3, -0.25) is 4.79 Å². The van der Waals surface area contributed by atoms with Gasteiger partial charge in [0.15, 0.2) is 0 Å². The van der Waals surface area contributed by atoms with Crippen molar-refractivity contribution in [1.29, 1.82) is 0 Å². The average molecular weight is 329 g/mol. The number of halogens is 1. The fourth-order valence-electron chi connectivity index (χ4n) is 2.50. The summed E-state index contributed by atoms with van der Waals surface area (Å²) < 4.78 is 0. The molecule has 1 aliphatic heterocycles. The second-order valence-electron chi connectivity index (χ2n) is 5.54. The summed E-state index contributed by atoms with van der Waals surface area (Å²) in [5.74, 6) is 1.50. The van der Waals surface area contributed by atoms with Gasteiger partial charge in [0.25, 0.3) is 0 Å². The normalized spacial score (nSPS) is 14.5. The summed E-state index contributed by atoms with van der Waals surface area (Å²) in [4.78, 5) is 12.2. The minimum Gasteiger partial charge on any atom is -0.351 e. The zero-order valence-corrected chi connectivity index (χ0v) is 14.6. The van der Waals surface area contributed by atoms with Crippen LogP contribution in [0.4, 0.5) is 0 Å². The van der Waals surface area contributed by atoms with Crippen molar-refractivity contribution in [2.24, 2.45) is 5.92 Å². The fraction of sp³-hybridized carbons (Fsp3) is 0.562. The summed E-state index contributed by atoms with van der Waals surface area (Å²) in [5, 5.41) is 6.47. The first-order valence-electron chi connectivity index (χ1n) is 7.32. The molecule has 21 heavy (non-hydrogen) atoms. The van der Waals surface area contributed by atoms with E-state index in [-0.39, 0.29) is 23.6 Å². The van der Waals surface area contributed by atoms with Crippen molar-refractivity contribution in [1.82, 2.24) is 10.6 Å². The van der Waals surface area contributed by atoms with Crippen molar-refractivity contribution >= 4 is 30.1 Å². The number of hydrogen-bond donors (Lipinski definition) is 2. The number of carbonyl (C=O) groups excluding carboxylic acids is 1. The van der Waals surface area contributed by atoms with Gasteiger partial charge in [0.2, 0.25) is 5.91 Å². The molecule has 3 nitrogen and oxygen atoms in total. The highest BCUT2D eigenvalue weighted by atomic mass is 35.5. The first kappa shape index (κ1) is 18.3. The van der Waals surface area contributed by atoms with Crippen molar-refractivity contribution in [2.75, 3.05) is 5.75 Å². The SMILES string of the molecule is CCSC(C(=O)NCc1ccc2c(c1)CNC2)C(C)C.Cl. The van der Waals surface area contributed by atoms with Crippen LogP contribution in [-0.2, 0) is 24.4 Å². The maximum atomic E-state index is 12.2. The summed E-state index contributed by atoms with van der Waals surface area (Å²) in [5.41, 5.74) is 3.92. The molecular weight excluding hydrogens is 304 g/mol. The third-order valence-electron chi connectivity index (χ3n) is 3.58. The van der Waals surface area contributed by atoms with Gasteiger partial charge in [-0.1, -0.05) is 39.0 Å². The molecule has 0 saturated carbocycles. The average Bonchev–Trinajstić information content (AvgIpc) is 2.89. The van der Waals surface area contributed by atoms with Gasteiger partial charge in [-0.25, -0.2) is 0 Å². The van der Waals surface area contributed by atoms with E-state index in [1.54, 1.807) is 11.8 Å². The number of fused-ring (bicyclic) bond motifs is 1. The summed E-state index contributed by atoms with van der Waals surface area (Å²) in [6.45, 7) is 8.84. The number of thioether (sulfide) groups is 1. The first-order valence-corrected chi connectivity index (χ1v) is 8.37. The molecule has 1 atom stereocenters. The van der Waals surface area contributed by atoms with E-state index in [4.69, 9.17) is 0 Å². The van der Waals surface area contributed by atoms with Gasteiger partial charge >= 0.3 is 0 Å². The van der Waals surface area contributed by atoms with E-state index in [1.165, 1.54) is 16.7 Å². The zero-order valence-electron chi connectivity index (χ0n) is 12.9. The standard InChI is InChI=1S/C16H24N2OS.ClH/c1-4-20-15(11(2)3)16(19)18-8-12-5-6-13-9-17-10-14(13)7-12;/h5-7,11,15,17H,4,8-10H2,1-3H3,(H,18,19);1H. The van der Waals surface area contributed by atoms with Crippen LogP contribution in [0.1, 0.15) is 37.5 Å². The molecule has 1 unspecified atom stereocenters. The zero-order chi connectivity index (χ0) is 14.5. The molecular formula is C16H25ClN2OS. The van der Waals surface area contributed by atoms with Crippen molar-refractivity contribution in [3.8, 4) is 0 Å². The van der Waals surface area contributed by atoms with Crippen molar-refractivity contribution < 1.29 is 4.79 Å². The monoisotopic (exact) mass is 328 g/mol. The Balaban J connectivity index is 0.00000220. The predicted octanol–water partition coefficient (Wildman–Crippen LogP) is 3.11. The van der Waals surface area contributed by atoms with Crippen LogP contribution in [0.15, 0.2) is 18.2 Å². The minimum absolute atomic E-state index is 0. The van der Waals surface area contributed by atoms with Gasteiger partial charge in [-0.15, -0.1) is 24.2 Å². The Kier molecular flexibility index (Phi) is 7.57. The van der Waals surface area contributed by atoms with Crippen molar-refractivity contribution in [3.05, 3.63) is 34.9 Å². The Morgan fingerprint density at radius 3 is 2.71 bits per heavy atom. The Hall–Kier alpha value is -0.710. The topological polar surface area (TPSA) is 41.1 Å². The van der Waals surface area contributed by atoms with Gasteiger partial charge in [0, 0.05) is 19.6 Å². The largest absolute Gasteiger partial charge is 0.351 e. The number of rotatable bonds is 6. The van der Waals surface area contributed by atoms with Gasteiger partial charge in [-0.2, -0.15) is 0 Å². The van der Waals surface area contributed by atoms with Crippen LogP contribution in [0, 0.1) is 5.92 Å². The molecule has 1 aromatic rings. The molecule has 0 saturated heterocycles. The van der Waals surface area contributed by atoms with E-state index in [2.05, 4.69) is 49.6 Å². The number of benzene rings is 1. The molecule has 0 bridgehead atoms. The van der Waals surface area contributed by atoms with E-state index in [9.17, 15) is 4.79 Å². The predicted molar refractivity (Wildman–Crippen MR) is 92.8 cm³/mol. The molecule has 0 fully saturated rings. The van der Waals surface area contributed by atoms with Crippen molar-refractivity contribution in [2.45, 2.75) is 45.7 Å². The summed E-state index contributed by atoms with van der Waals surface area (Å²) in [6, 6.07) is 6.48. The van der Waals surface area contributed by atoms with E-state index in [1.807, 2.05) is 0 Å². The van der Waals surface area contributed by atoms with E-state index in [0.29, 0.717) is 12.5 Å². The Morgan fingerprint density at radius 2 is 2.05 bits per heavy atom. The Labute approximate surface area is 138 Å². The second-order valence-corrected chi connectivity index (χ2v) is 6.96. The van der Waals surface area contributed by atoms with Crippen LogP contribution >= 0.6 is 24.2 Å². The lowest BCUT2D eigenvalue weighted by Gasteiger charge is -2.19. The molecule has 0 aliphatic carbocycles.